The van der Waals surface area contributed by atoms with Gasteiger partial charge >= 0.3 is 0 Å². The molecule has 0 amide bonds. The molecule has 96 valence electrons. The van der Waals surface area contributed by atoms with Crippen LogP contribution in [0.3, 0.4) is 0 Å². The minimum atomic E-state index is 0.484. The van der Waals surface area contributed by atoms with Crippen LogP contribution in [0.4, 0.5) is 5.82 Å². The predicted molar refractivity (Wildman–Crippen MR) is 75.7 cm³/mol. The molecule has 2 aromatic rings. The number of hydrogen-bond donors (Lipinski definition) is 0. The summed E-state index contributed by atoms with van der Waals surface area (Å²) in [6.45, 7) is 2.72. The third-order valence-electron chi connectivity index (χ3n) is 2.91. The van der Waals surface area contributed by atoms with Gasteiger partial charge < -0.3 is 4.90 Å². The van der Waals surface area contributed by atoms with Gasteiger partial charge in [-0.2, -0.15) is 5.26 Å². The van der Waals surface area contributed by atoms with Crippen LogP contribution in [0.15, 0.2) is 36.4 Å². The highest BCUT2D eigenvalue weighted by atomic mass is 15.2. The largest absolute Gasteiger partial charge is 0.357 e. The van der Waals surface area contributed by atoms with E-state index in [9.17, 15) is 0 Å². The maximum atomic E-state index is 8.57. The maximum Gasteiger partial charge on any atom is 0.151 e. The van der Waals surface area contributed by atoms with E-state index >= 15 is 0 Å². The second-order valence-corrected chi connectivity index (χ2v) is 4.48. The van der Waals surface area contributed by atoms with E-state index in [1.807, 2.05) is 36.2 Å². The molecule has 1 heterocycles. The van der Waals surface area contributed by atoms with Gasteiger partial charge in [-0.3, -0.25) is 0 Å². The number of anilines is 1. The Balaban J connectivity index is 2.17. The summed E-state index contributed by atoms with van der Waals surface area (Å²) in [6, 6.07) is 14.2. The lowest BCUT2D eigenvalue weighted by Crippen LogP contribution is -2.19. The van der Waals surface area contributed by atoms with E-state index < -0.39 is 0 Å². The smallest absolute Gasteiger partial charge is 0.151 e. The first-order valence-corrected chi connectivity index (χ1v) is 6.19. The van der Waals surface area contributed by atoms with Crippen LogP contribution in [0, 0.1) is 18.3 Å². The lowest BCUT2D eigenvalue weighted by molar-refractivity contribution is 0.860. The van der Waals surface area contributed by atoms with Crippen molar-refractivity contribution in [3.05, 3.63) is 42.0 Å². The molecular formula is C15H16N4. The van der Waals surface area contributed by atoms with Crippen LogP contribution in [0.5, 0.6) is 0 Å². The lowest BCUT2D eigenvalue weighted by atomic mass is 10.1. The van der Waals surface area contributed by atoms with Gasteiger partial charge in [0.2, 0.25) is 0 Å². The average Bonchev–Trinajstić information content (AvgIpc) is 2.45. The maximum absolute atomic E-state index is 8.57. The highest BCUT2D eigenvalue weighted by Crippen LogP contribution is 2.19. The zero-order chi connectivity index (χ0) is 13.7. The first kappa shape index (κ1) is 13.0. The summed E-state index contributed by atoms with van der Waals surface area (Å²) < 4.78 is 0. The molecule has 0 N–H and O–H groups in total. The molecule has 0 saturated carbocycles. The summed E-state index contributed by atoms with van der Waals surface area (Å²) in [4.78, 5) is 1.93. The van der Waals surface area contributed by atoms with Gasteiger partial charge in [0.25, 0.3) is 0 Å². The molecule has 0 aliphatic heterocycles. The zero-order valence-electron chi connectivity index (χ0n) is 11.2. The van der Waals surface area contributed by atoms with Crippen molar-refractivity contribution in [2.45, 2.75) is 13.3 Å². The van der Waals surface area contributed by atoms with E-state index in [2.05, 4.69) is 35.3 Å². The normalized spacial score (nSPS) is 9.95. The van der Waals surface area contributed by atoms with E-state index in [0.717, 1.165) is 17.1 Å². The van der Waals surface area contributed by atoms with E-state index in [0.29, 0.717) is 13.0 Å². The van der Waals surface area contributed by atoms with Crippen molar-refractivity contribution in [3.63, 3.8) is 0 Å². The van der Waals surface area contributed by atoms with Crippen molar-refractivity contribution in [2.24, 2.45) is 0 Å². The predicted octanol–water partition coefficient (Wildman–Crippen LogP) is 2.80. The molecule has 2 rings (SSSR count). The van der Waals surface area contributed by atoms with Gasteiger partial charge in [0.15, 0.2) is 5.82 Å². The molecule has 0 spiro atoms. The van der Waals surface area contributed by atoms with Crippen molar-refractivity contribution < 1.29 is 0 Å². The second kappa shape index (κ2) is 5.96. The molecule has 19 heavy (non-hydrogen) atoms. The molecule has 0 atom stereocenters. The molecule has 0 radical (unpaired) electrons. The van der Waals surface area contributed by atoms with Gasteiger partial charge in [-0.15, -0.1) is 10.2 Å². The highest BCUT2D eigenvalue weighted by molar-refractivity contribution is 5.60. The standard InChI is InChI=1S/C15H16N4/c1-12-5-3-6-13(11-12)14-7-8-15(18-17-14)19(2)10-4-9-16/h3,5-8,11H,4,10H2,1-2H3. The Morgan fingerprint density at radius 1 is 1.21 bits per heavy atom. The van der Waals surface area contributed by atoms with Crippen molar-refractivity contribution in [2.75, 3.05) is 18.5 Å². The number of aromatic nitrogens is 2. The third kappa shape index (κ3) is 3.29. The summed E-state index contributed by atoms with van der Waals surface area (Å²) in [6.07, 6.45) is 0.484. The van der Waals surface area contributed by atoms with Crippen molar-refractivity contribution in [3.8, 4) is 17.3 Å². The fraction of sp³-hybridized carbons (Fsp3) is 0.267. The minimum absolute atomic E-state index is 0.484. The van der Waals surface area contributed by atoms with Crippen molar-refractivity contribution >= 4 is 5.82 Å². The number of benzene rings is 1. The Morgan fingerprint density at radius 3 is 2.68 bits per heavy atom. The number of rotatable bonds is 4. The Morgan fingerprint density at radius 2 is 2.05 bits per heavy atom. The quantitative estimate of drug-likeness (QED) is 0.839. The van der Waals surface area contributed by atoms with E-state index in [-0.39, 0.29) is 0 Å². The monoisotopic (exact) mass is 252 g/mol. The third-order valence-corrected chi connectivity index (χ3v) is 2.91. The summed E-state index contributed by atoms with van der Waals surface area (Å²) in [5.74, 6) is 0.784. The summed E-state index contributed by atoms with van der Waals surface area (Å²) in [7, 11) is 1.91. The van der Waals surface area contributed by atoms with Crippen LogP contribution >= 0.6 is 0 Å². The summed E-state index contributed by atoms with van der Waals surface area (Å²) in [5.41, 5.74) is 3.13. The van der Waals surface area contributed by atoms with Crippen LogP contribution < -0.4 is 4.90 Å². The summed E-state index contributed by atoms with van der Waals surface area (Å²) >= 11 is 0. The summed E-state index contributed by atoms with van der Waals surface area (Å²) in [5, 5.41) is 17.0. The van der Waals surface area contributed by atoms with Gasteiger partial charge in [-0.25, -0.2) is 0 Å². The number of nitriles is 1. The fourth-order valence-corrected chi connectivity index (χ4v) is 1.82. The topological polar surface area (TPSA) is 52.8 Å². The molecule has 0 unspecified atom stereocenters. The van der Waals surface area contributed by atoms with Gasteiger partial charge in [0.1, 0.15) is 0 Å². The fourth-order valence-electron chi connectivity index (χ4n) is 1.82. The number of aryl methyl sites for hydroxylation is 1. The molecule has 0 bridgehead atoms. The molecule has 1 aromatic carbocycles. The van der Waals surface area contributed by atoms with E-state index in [1.165, 1.54) is 5.56 Å². The molecule has 0 fully saturated rings. The molecule has 4 nitrogen and oxygen atoms in total. The van der Waals surface area contributed by atoms with Crippen molar-refractivity contribution in [1.29, 1.82) is 5.26 Å². The molecule has 0 aliphatic carbocycles. The van der Waals surface area contributed by atoms with Gasteiger partial charge in [-0.1, -0.05) is 23.8 Å². The van der Waals surface area contributed by atoms with Crippen LogP contribution in [0.25, 0.3) is 11.3 Å². The van der Waals surface area contributed by atoms with Gasteiger partial charge in [0, 0.05) is 19.2 Å². The molecule has 4 heteroatoms. The van der Waals surface area contributed by atoms with Crippen molar-refractivity contribution in [1.82, 2.24) is 10.2 Å². The number of hydrogen-bond acceptors (Lipinski definition) is 4. The first-order chi connectivity index (χ1) is 9.20. The lowest BCUT2D eigenvalue weighted by Gasteiger charge is -2.15. The van der Waals surface area contributed by atoms with Crippen LogP contribution in [-0.4, -0.2) is 23.8 Å². The van der Waals surface area contributed by atoms with Gasteiger partial charge in [0.05, 0.1) is 18.2 Å². The van der Waals surface area contributed by atoms with Gasteiger partial charge in [-0.05, 0) is 25.1 Å². The average molecular weight is 252 g/mol. The minimum Gasteiger partial charge on any atom is -0.357 e. The molecule has 0 saturated heterocycles. The van der Waals surface area contributed by atoms with E-state index in [1.54, 1.807) is 0 Å². The molecule has 0 aliphatic rings. The highest BCUT2D eigenvalue weighted by Gasteiger charge is 2.04. The molecular weight excluding hydrogens is 236 g/mol. The zero-order valence-corrected chi connectivity index (χ0v) is 11.2. The second-order valence-electron chi connectivity index (χ2n) is 4.48. The Labute approximate surface area is 113 Å². The Kier molecular flexibility index (Phi) is 4.09. The number of nitrogens with zero attached hydrogens (tertiary/aromatic N) is 4. The Hall–Kier alpha value is -2.41. The molecule has 1 aromatic heterocycles. The first-order valence-electron chi connectivity index (χ1n) is 6.19. The van der Waals surface area contributed by atoms with Crippen LogP contribution in [-0.2, 0) is 0 Å². The van der Waals surface area contributed by atoms with Crippen LogP contribution in [0.1, 0.15) is 12.0 Å². The van der Waals surface area contributed by atoms with Crippen LogP contribution in [0.2, 0.25) is 0 Å². The SMILES string of the molecule is Cc1cccc(-c2ccc(N(C)CCC#N)nn2)c1. The Bertz CT molecular complexity index is 584. The van der Waals surface area contributed by atoms with E-state index in [4.69, 9.17) is 5.26 Å².